The first-order valence-electron chi connectivity index (χ1n) is 9.34. The van der Waals surface area contributed by atoms with Crippen LogP contribution in [0.25, 0.3) is 0 Å². The molecule has 7 heteroatoms. The Bertz CT molecular complexity index is 971. The first kappa shape index (κ1) is 20.2. The average Bonchev–Trinajstić information content (AvgIpc) is 2.67. The van der Waals surface area contributed by atoms with Crippen LogP contribution >= 0.6 is 0 Å². The topological polar surface area (TPSA) is 79.8 Å². The van der Waals surface area contributed by atoms with Crippen molar-refractivity contribution in [2.75, 3.05) is 26.5 Å². The lowest BCUT2D eigenvalue weighted by molar-refractivity contribution is 0.267. The number of para-hydroxylation sites is 1. The lowest BCUT2D eigenvalue weighted by Crippen LogP contribution is -2.39. The van der Waals surface area contributed by atoms with Gasteiger partial charge in [-0.3, -0.25) is 4.99 Å². The van der Waals surface area contributed by atoms with Gasteiger partial charge in [0, 0.05) is 32.3 Å². The van der Waals surface area contributed by atoms with Gasteiger partial charge in [0.25, 0.3) is 0 Å². The van der Waals surface area contributed by atoms with Crippen LogP contribution in [0.2, 0.25) is 0 Å². The summed E-state index contributed by atoms with van der Waals surface area (Å²) < 4.78 is 29.2. The molecule has 6 nitrogen and oxygen atoms in total. The number of nitrogens with zero attached hydrogens (tertiary/aromatic N) is 1. The first-order chi connectivity index (χ1) is 13.4. The molecule has 3 rings (SSSR count). The third-order valence-corrected chi connectivity index (χ3v) is 6.18. The van der Waals surface area contributed by atoms with Crippen molar-refractivity contribution in [2.24, 2.45) is 4.99 Å². The Labute approximate surface area is 167 Å². The number of ether oxygens (including phenoxy) is 1. The average molecular weight is 402 g/mol. The van der Waals surface area contributed by atoms with Crippen molar-refractivity contribution >= 4 is 15.8 Å². The van der Waals surface area contributed by atoms with Gasteiger partial charge in [-0.2, -0.15) is 0 Å². The van der Waals surface area contributed by atoms with Gasteiger partial charge < -0.3 is 15.4 Å². The molecule has 1 unspecified atom stereocenters. The van der Waals surface area contributed by atoms with Crippen molar-refractivity contribution < 1.29 is 13.2 Å². The Hall–Kier alpha value is -2.54. The van der Waals surface area contributed by atoms with Crippen LogP contribution in [0.15, 0.2) is 52.4 Å². The molecular formula is C21H27N3O3S. The van der Waals surface area contributed by atoms with E-state index in [1.165, 1.54) is 11.8 Å². The molecule has 0 saturated carbocycles. The molecule has 1 atom stereocenters. The molecule has 2 aromatic carbocycles. The monoisotopic (exact) mass is 401 g/mol. The van der Waals surface area contributed by atoms with Gasteiger partial charge in [-0.15, -0.1) is 0 Å². The molecule has 0 amide bonds. The van der Waals surface area contributed by atoms with Crippen molar-refractivity contribution in [3.63, 3.8) is 0 Å². The lowest BCUT2D eigenvalue weighted by Gasteiger charge is -2.26. The summed E-state index contributed by atoms with van der Waals surface area (Å²) in [5, 5.41) is 6.68. The maximum absolute atomic E-state index is 11.7. The van der Waals surface area contributed by atoms with Crippen LogP contribution in [-0.4, -0.2) is 40.8 Å². The molecule has 0 bridgehead atoms. The minimum Gasteiger partial charge on any atom is -0.493 e. The number of rotatable bonds is 5. The minimum atomic E-state index is -3.20. The van der Waals surface area contributed by atoms with Gasteiger partial charge in [0.1, 0.15) is 5.75 Å². The normalized spacial score (nSPS) is 16.8. The van der Waals surface area contributed by atoms with E-state index in [1.54, 1.807) is 13.1 Å². The van der Waals surface area contributed by atoms with Gasteiger partial charge in [0.15, 0.2) is 15.8 Å². The fourth-order valence-electron chi connectivity index (χ4n) is 3.49. The summed E-state index contributed by atoms with van der Waals surface area (Å²) in [7, 11) is -1.46. The van der Waals surface area contributed by atoms with E-state index in [0.29, 0.717) is 23.3 Å². The summed E-state index contributed by atoms with van der Waals surface area (Å²) >= 11 is 0. The van der Waals surface area contributed by atoms with Crippen LogP contribution in [0.5, 0.6) is 5.75 Å². The number of hydrogen-bond donors (Lipinski definition) is 2. The molecule has 1 aliphatic rings. The zero-order valence-corrected chi connectivity index (χ0v) is 17.3. The number of fused-ring (bicyclic) bond motifs is 1. The second kappa shape index (κ2) is 8.65. The van der Waals surface area contributed by atoms with E-state index in [4.69, 9.17) is 4.74 Å². The van der Waals surface area contributed by atoms with Crippen LogP contribution < -0.4 is 15.4 Å². The second-order valence-corrected chi connectivity index (χ2v) is 9.03. The molecule has 150 valence electrons. The Morgan fingerprint density at radius 1 is 1.21 bits per heavy atom. The predicted molar refractivity (Wildman–Crippen MR) is 112 cm³/mol. The van der Waals surface area contributed by atoms with Crippen LogP contribution in [0.3, 0.4) is 0 Å². The number of aliphatic imine (C=N–C) groups is 1. The van der Waals surface area contributed by atoms with Gasteiger partial charge in [-0.25, -0.2) is 8.42 Å². The molecule has 0 fully saturated rings. The first-order valence-corrected chi connectivity index (χ1v) is 11.2. The minimum absolute atomic E-state index is 0.372. The fourth-order valence-corrected chi connectivity index (χ4v) is 4.45. The van der Waals surface area contributed by atoms with E-state index in [1.807, 2.05) is 37.3 Å². The molecule has 0 aromatic heterocycles. The van der Waals surface area contributed by atoms with Gasteiger partial charge >= 0.3 is 0 Å². The molecule has 1 aliphatic heterocycles. The van der Waals surface area contributed by atoms with Crippen LogP contribution in [0, 0.1) is 6.92 Å². The molecule has 2 aromatic rings. The van der Waals surface area contributed by atoms with Gasteiger partial charge in [-0.1, -0.05) is 30.3 Å². The molecule has 1 heterocycles. The molecular weight excluding hydrogens is 374 g/mol. The zero-order valence-electron chi connectivity index (χ0n) is 16.5. The molecule has 0 spiro atoms. The largest absolute Gasteiger partial charge is 0.493 e. The number of nitrogens with one attached hydrogen (secondary N) is 2. The third-order valence-electron chi connectivity index (χ3n) is 4.92. The predicted octanol–water partition coefficient (Wildman–Crippen LogP) is 2.63. The highest BCUT2D eigenvalue weighted by Gasteiger charge is 2.21. The summed E-state index contributed by atoms with van der Waals surface area (Å²) in [6.45, 7) is 3.87. The molecule has 0 aliphatic carbocycles. The Balaban J connectivity index is 1.58. The summed E-state index contributed by atoms with van der Waals surface area (Å²) in [5.74, 6) is 2.05. The summed E-state index contributed by atoms with van der Waals surface area (Å²) in [6, 6.07) is 13.5. The summed E-state index contributed by atoms with van der Waals surface area (Å²) in [4.78, 5) is 4.66. The maximum Gasteiger partial charge on any atom is 0.191 e. The zero-order chi connectivity index (χ0) is 20.1. The van der Waals surface area contributed by atoms with E-state index in [9.17, 15) is 8.42 Å². The third kappa shape index (κ3) is 4.84. The van der Waals surface area contributed by atoms with Gasteiger partial charge in [0.05, 0.1) is 11.5 Å². The molecule has 28 heavy (non-hydrogen) atoms. The molecule has 0 saturated heterocycles. The SMILES string of the molecule is CN=C(NCc1ccc(S(C)(=O)=O)c(C)c1)NCC1CCOc2ccccc21. The number of aryl methyl sites for hydroxylation is 1. The van der Waals surface area contributed by atoms with E-state index in [2.05, 4.69) is 21.7 Å². The Kier molecular flexibility index (Phi) is 6.24. The highest BCUT2D eigenvalue weighted by molar-refractivity contribution is 7.90. The van der Waals surface area contributed by atoms with Crippen molar-refractivity contribution in [3.05, 3.63) is 59.2 Å². The van der Waals surface area contributed by atoms with E-state index >= 15 is 0 Å². The maximum atomic E-state index is 11.7. The van der Waals surface area contributed by atoms with Crippen LogP contribution in [-0.2, 0) is 16.4 Å². The van der Waals surface area contributed by atoms with E-state index in [0.717, 1.165) is 36.4 Å². The number of hydrogen-bond acceptors (Lipinski definition) is 4. The highest BCUT2D eigenvalue weighted by Crippen LogP contribution is 2.32. The quantitative estimate of drug-likeness (QED) is 0.595. The van der Waals surface area contributed by atoms with E-state index < -0.39 is 9.84 Å². The standard InChI is InChI=1S/C21H27N3O3S/c1-15-12-16(8-9-20(15)28(3,25)26)13-23-21(22-2)24-14-17-10-11-27-19-7-5-4-6-18(17)19/h4-9,12,17H,10-11,13-14H2,1-3H3,(H2,22,23,24). The summed E-state index contributed by atoms with van der Waals surface area (Å²) in [5.41, 5.74) is 2.98. The number of guanidine groups is 1. The number of sulfone groups is 1. The molecule has 0 radical (unpaired) electrons. The highest BCUT2D eigenvalue weighted by atomic mass is 32.2. The van der Waals surface area contributed by atoms with Crippen LogP contribution in [0.1, 0.15) is 29.0 Å². The van der Waals surface area contributed by atoms with Crippen LogP contribution in [0.4, 0.5) is 0 Å². The number of benzene rings is 2. The van der Waals surface area contributed by atoms with Crippen molar-refractivity contribution in [1.29, 1.82) is 0 Å². The Morgan fingerprint density at radius 2 is 2.00 bits per heavy atom. The van der Waals surface area contributed by atoms with E-state index in [-0.39, 0.29) is 0 Å². The second-order valence-electron chi connectivity index (χ2n) is 7.05. The van der Waals surface area contributed by atoms with Gasteiger partial charge in [0.2, 0.25) is 0 Å². The smallest absolute Gasteiger partial charge is 0.191 e. The van der Waals surface area contributed by atoms with Crippen molar-refractivity contribution in [2.45, 2.75) is 30.7 Å². The summed E-state index contributed by atoms with van der Waals surface area (Å²) in [6.07, 6.45) is 2.20. The van der Waals surface area contributed by atoms with Crippen molar-refractivity contribution in [3.8, 4) is 5.75 Å². The molecule has 2 N–H and O–H groups in total. The lowest BCUT2D eigenvalue weighted by atomic mass is 9.93. The van der Waals surface area contributed by atoms with Crippen molar-refractivity contribution in [1.82, 2.24) is 10.6 Å². The fraction of sp³-hybridized carbons (Fsp3) is 0.381. The van der Waals surface area contributed by atoms with Gasteiger partial charge in [-0.05, 0) is 42.2 Å². The Morgan fingerprint density at radius 3 is 2.71 bits per heavy atom.